The molecular formula is C16H21N3O3. The lowest BCUT2D eigenvalue weighted by atomic mass is 10.2. The van der Waals surface area contributed by atoms with Crippen LogP contribution in [0.3, 0.4) is 0 Å². The van der Waals surface area contributed by atoms with E-state index in [9.17, 15) is 4.79 Å². The molecule has 1 amide bonds. The summed E-state index contributed by atoms with van der Waals surface area (Å²) >= 11 is 0. The van der Waals surface area contributed by atoms with Crippen LogP contribution in [0.15, 0.2) is 28.7 Å². The summed E-state index contributed by atoms with van der Waals surface area (Å²) in [5.74, 6) is 1.62. The monoisotopic (exact) mass is 303 g/mol. The normalized spacial score (nSPS) is 10.7. The fraction of sp³-hybridized carbons (Fsp3) is 0.438. The van der Waals surface area contributed by atoms with Crippen molar-refractivity contribution in [3.63, 3.8) is 0 Å². The zero-order chi connectivity index (χ0) is 15.9. The van der Waals surface area contributed by atoms with Gasteiger partial charge in [-0.1, -0.05) is 6.92 Å². The predicted molar refractivity (Wildman–Crippen MR) is 82.5 cm³/mol. The van der Waals surface area contributed by atoms with Crippen molar-refractivity contribution in [2.75, 3.05) is 6.61 Å². The molecule has 1 aromatic carbocycles. The van der Waals surface area contributed by atoms with Gasteiger partial charge in [0, 0.05) is 18.0 Å². The number of carbonyl (C=O) groups is 1. The summed E-state index contributed by atoms with van der Waals surface area (Å²) in [7, 11) is 0. The van der Waals surface area contributed by atoms with Crippen LogP contribution in [0.5, 0.6) is 5.75 Å². The first-order valence-electron chi connectivity index (χ1n) is 7.43. The summed E-state index contributed by atoms with van der Waals surface area (Å²) in [6.07, 6.45) is 1.74. The molecule has 0 spiro atoms. The zero-order valence-corrected chi connectivity index (χ0v) is 13.1. The second-order valence-corrected chi connectivity index (χ2v) is 5.29. The van der Waals surface area contributed by atoms with Crippen molar-refractivity contribution >= 4 is 5.91 Å². The van der Waals surface area contributed by atoms with Gasteiger partial charge in [-0.15, -0.1) is 10.2 Å². The summed E-state index contributed by atoms with van der Waals surface area (Å²) in [5.41, 5.74) is 0.828. The van der Waals surface area contributed by atoms with Crippen molar-refractivity contribution < 1.29 is 13.9 Å². The molecule has 22 heavy (non-hydrogen) atoms. The van der Waals surface area contributed by atoms with E-state index >= 15 is 0 Å². The summed E-state index contributed by atoms with van der Waals surface area (Å²) in [5, 5.41) is 10.8. The molecule has 0 aliphatic heterocycles. The Kier molecular flexibility index (Phi) is 5.52. The summed E-state index contributed by atoms with van der Waals surface area (Å²) in [6, 6.07) is 7.33. The standard InChI is InChI=1S/C16H21N3O3/c1-4-5-15-18-19-16(22-15)12-6-8-13(9-7-12)21-10-14(20)17-11(2)3/h6-9,11H,4-5,10H2,1-3H3,(H,17,20). The van der Waals surface area contributed by atoms with E-state index < -0.39 is 0 Å². The van der Waals surface area contributed by atoms with E-state index in [4.69, 9.17) is 9.15 Å². The van der Waals surface area contributed by atoms with Crippen LogP contribution in [0.2, 0.25) is 0 Å². The quantitative estimate of drug-likeness (QED) is 0.850. The number of aromatic nitrogens is 2. The minimum Gasteiger partial charge on any atom is -0.484 e. The topological polar surface area (TPSA) is 77.2 Å². The SMILES string of the molecule is CCCc1nnc(-c2ccc(OCC(=O)NC(C)C)cc2)o1. The molecule has 1 heterocycles. The van der Waals surface area contributed by atoms with Gasteiger partial charge in [0.2, 0.25) is 11.8 Å². The van der Waals surface area contributed by atoms with Crippen LogP contribution in [0.1, 0.15) is 33.1 Å². The van der Waals surface area contributed by atoms with Gasteiger partial charge in [0.05, 0.1) is 0 Å². The molecule has 0 unspecified atom stereocenters. The van der Waals surface area contributed by atoms with Gasteiger partial charge in [0.25, 0.3) is 5.91 Å². The molecule has 2 aromatic rings. The van der Waals surface area contributed by atoms with Crippen molar-refractivity contribution in [1.29, 1.82) is 0 Å². The van der Waals surface area contributed by atoms with Crippen molar-refractivity contribution in [3.05, 3.63) is 30.2 Å². The van der Waals surface area contributed by atoms with E-state index in [0.717, 1.165) is 18.4 Å². The lowest BCUT2D eigenvalue weighted by molar-refractivity contribution is -0.123. The number of nitrogens with zero attached hydrogens (tertiary/aromatic N) is 2. The Morgan fingerprint density at radius 2 is 2.00 bits per heavy atom. The first kappa shape index (κ1) is 16.0. The largest absolute Gasteiger partial charge is 0.484 e. The number of hydrogen-bond acceptors (Lipinski definition) is 5. The summed E-state index contributed by atoms with van der Waals surface area (Å²) in [6.45, 7) is 5.87. The van der Waals surface area contributed by atoms with E-state index in [1.165, 1.54) is 0 Å². The van der Waals surface area contributed by atoms with Gasteiger partial charge in [0.1, 0.15) is 5.75 Å². The predicted octanol–water partition coefficient (Wildman–Crippen LogP) is 2.59. The highest BCUT2D eigenvalue weighted by Gasteiger charge is 2.09. The van der Waals surface area contributed by atoms with Crippen molar-refractivity contribution in [1.82, 2.24) is 15.5 Å². The number of aryl methyl sites for hydroxylation is 1. The smallest absolute Gasteiger partial charge is 0.258 e. The van der Waals surface area contributed by atoms with Crippen molar-refractivity contribution in [2.45, 2.75) is 39.7 Å². The molecule has 0 aliphatic rings. The first-order valence-corrected chi connectivity index (χ1v) is 7.43. The Bertz CT molecular complexity index is 605. The summed E-state index contributed by atoms with van der Waals surface area (Å²) < 4.78 is 11.0. The Balaban J connectivity index is 1.93. The van der Waals surface area contributed by atoms with Gasteiger partial charge < -0.3 is 14.5 Å². The molecular weight excluding hydrogens is 282 g/mol. The summed E-state index contributed by atoms with van der Waals surface area (Å²) in [4.78, 5) is 11.5. The molecule has 1 aromatic heterocycles. The third-order valence-corrected chi connectivity index (χ3v) is 2.85. The van der Waals surface area contributed by atoms with Crippen molar-refractivity contribution in [3.8, 4) is 17.2 Å². The van der Waals surface area contributed by atoms with Crippen LogP contribution in [-0.4, -0.2) is 28.8 Å². The van der Waals surface area contributed by atoms with Gasteiger partial charge in [-0.05, 0) is 44.5 Å². The molecule has 6 heteroatoms. The Morgan fingerprint density at radius 1 is 1.27 bits per heavy atom. The number of ether oxygens (including phenoxy) is 1. The molecule has 0 atom stereocenters. The Hall–Kier alpha value is -2.37. The van der Waals surface area contributed by atoms with Gasteiger partial charge in [-0.3, -0.25) is 4.79 Å². The maximum Gasteiger partial charge on any atom is 0.258 e. The number of nitrogens with one attached hydrogen (secondary N) is 1. The number of hydrogen-bond donors (Lipinski definition) is 1. The average molecular weight is 303 g/mol. The molecule has 0 saturated carbocycles. The zero-order valence-electron chi connectivity index (χ0n) is 13.1. The van der Waals surface area contributed by atoms with E-state index in [2.05, 4.69) is 22.4 Å². The van der Waals surface area contributed by atoms with Gasteiger partial charge >= 0.3 is 0 Å². The lowest BCUT2D eigenvalue weighted by Gasteiger charge is -2.09. The third-order valence-electron chi connectivity index (χ3n) is 2.85. The molecule has 2 rings (SSSR count). The second-order valence-electron chi connectivity index (χ2n) is 5.29. The molecule has 0 aliphatic carbocycles. The molecule has 1 N–H and O–H groups in total. The fourth-order valence-corrected chi connectivity index (χ4v) is 1.89. The number of benzene rings is 1. The van der Waals surface area contributed by atoms with Crippen LogP contribution in [0.4, 0.5) is 0 Å². The van der Waals surface area contributed by atoms with E-state index in [0.29, 0.717) is 17.5 Å². The second kappa shape index (κ2) is 7.59. The van der Waals surface area contributed by atoms with Crippen LogP contribution in [0.25, 0.3) is 11.5 Å². The number of rotatable bonds is 7. The van der Waals surface area contributed by atoms with Gasteiger partial charge in [0.15, 0.2) is 6.61 Å². The lowest BCUT2D eigenvalue weighted by Crippen LogP contribution is -2.34. The highest BCUT2D eigenvalue weighted by atomic mass is 16.5. The van der Waals surface area contributed by atoms with Gasteiger partial charge in [-0.2, -0.15) is 0 Å². The van der Waals surface area contributed by atoms with Crippen LogP contribution < -0.4 is 10.1 Å². The first-order chi connectivity index (χ1) is 10.6. The molecule has 0 radical (unpaired) electrons. The molecule has 0 saturated heterocycles. The Labute approximate surface area is 129 Å². The highest BCUT2D eigenvalue weighted by molar-refractivity contribution is 5.77. The van der Waals surface area contributed by atoms with E-state index in [1.807, 2.05) is 26.0 Å². The maximum atomic E-state index is 11.5. The molecule has 6 nitrogen and oxygen atoms in total. The number of amides is 1. The minimum absolute atomic E-state index is 0.00126. The van der Waals surface area contributed by atoms with Crippen molar-refractivity contribution in [2.24, 2.45) is 0 Å². The fourth-order valence-electron chi connectivity index (χ4n) is 1.89. The number of carbonyl (C=O) groups excluding carboxylic acids is 1. The van der Waals surface area contributed by atoms with Crippen LogP contribution >= 0.6 is 0 Å². The van der Waals surface area contributed by atoms with E-state index in [-0.39, 0.29) is 18.6 Å². The molecule has 118 valence electrons. The highest BCUT2D eigenvalue weighted by Crippen LogP contribution is 2.21. The van der Waals surface area contributed by atoms with E-state index in [1.54, 1.807) is 12.1 Å². The Morgan fingerprint density at radius 3 is 2.64 bits per heavy atom. The van der Waals surface area contributed by atoms with Crippen LogP contribution in [-0.2, 0) is 11.2 Å². The van der Waals surface area contributed by atoms with Gasteiger partial charge in [-0.25, -0.2) is 0 Å². The van der Waals surface area contributed by atoms with Crippen LogP contribution in [0, 0.1) is 0 Å². The average Bonchev–Trinajstić information content (AvgIpc) is 2.94. The molecule has 0 bridgehead atoms. The molecule has 0 fully saturated rings. The maximum absolute atomic E-state index is 11.5. The minimum atomic E-state index is -0.139. The third kappa shape index (κ3) is 4.58.